The van der Waals surface area contributed by atoms with Gasteiger partial charge in [0.05, 0.1) is 10.0 Å². The molecule has 1 aromatic carbocycles. The number of carbonyl (C=O) groups is 2. The molecule has 0 saturated carbocycles. The van der Waals surface area contributed by atoms with Gasteiger partial charge < -0.3 is 24.3 Å². The minimum atomic E-state index is -1.20. The highest BCUT2D eigenvalue weighted by molar-refractivity contribution is 6.42. The zero-order valence-electron chi connectivity index (χ0n) is 15.6. The van der Waals surface area contributed by atoms with Crippen LogP contribution in [-0.2, 0) is 22.6 Å². The topological polar surface area (TPSA) is 98.0 Å². The van der Waals surface area contributed by atoms with Gasteiger partial charge in [-0.1, -0.05) is 23.2 Å². The van der Waals surface area contributed by atoms with Crippen LogP contribution in [0.15, 0.2) is 34.7 Å². The maximum atomic E-state index is 11.8. The summed E-state index contributed by atoms with van der Waals surface area (Å²) in [5.74, 6) is 0.192. The highest BCUT2D eigenvalue weighted by Gasteiger charge is 2.25. The number of carboxylic acids is 1. The number of alkyl carbamates (subject to hydrolysis) is 1. The second-order valence-corrected chi connectivity index (χ2v) is 7.79. The van der Waals surface area contributed by atoms with Gasteiger partial charge in [-0.3, -0.25) is 0 Å². The average Bonchev–Trinajstić information content (AvgIpc) is 3.01. The summed E-state index contributed by atoms with van der Waals surface area (Å²) in [7, 11) is 0. The fraction of sp³-hybridized carbons (Fsp3) is 0.368. The lowest BCUT2D eigenvalue weighted by Gasteiger charge is -2.21. The van der Waals surface area contributed by atoms with E-state index in [2.05, 4.69) is 5.32 Å². The SMILES string of the molecule is CC(C)(C)OC(=O)NC(Cc1ccc(COc2ccc(Cl)c(Cl)c2)o1)C(=O)O. The Hall–Kier alpha value is -2.38. The molecule has 1 heterocycles. The monoisotopic (exact) mass is 429 g/mol. The number of carbonyl (C=O) groups excluding carboxylic acids is 1. The largest absolute Gasteiger partial charge is 0.486 e. The average molecular weight is 430 g/mol. The molecule has 0 spiro atoms. The summed E-state index contributed by atoms with van der Waals surface area (Å²) in [6.07, 6.45) is -0.851. The van der Waals surface area contributed by atoms with E-state index in [0.717, 1.165) is 0 Å². The first-order valence-corrected chi connectivity index (χ1v) is 9.17. The third kappa shape index (κ3) is 6.98. The molecule has 152 valence electrons. The number of benzene rings is 1. The summed E-state index contributed by atoms with van der Waals surface area (Å²) in [5, 5.41) is 12.4. The maximum Gasteiger partial charge on any atom is 0.408 e. The molecule has 1 unspecified atom stereocenters. The van der Waals surface area contributed by atoms with Crippen LogP contribution in [0.4, 0.5) is 4.79 Å². The summed E-state index contributed by atoms with van der Waals surface area (Å²) >= 11 is 11.8. The molecule has 0 bridgehead atoms. The van der Waals surface area contributed by atoms with Gasteiger partial charge in [-0.05, 0) is 45.0 Å². The summed E-state index contributed by atoms with van der Waals surface area (Å²) < 4.78 is 16.2. The molecule has 1 aromatic heterocycles. The van der Waals surface area contributed by atoms with Crippen LogP contribution >= 0.6 is 23.2 Å². The molecule has 0 radical (unpaired) electrons. The summed E-state index contributed by atoms with van der Waals surface area (Å²) in [6.45, 7) is 5.19. The molecule has 28 heavy (non-hydrogen) atoms. The van der Waals surface area contributed by atoms with Crippen LogP contribution in [0, 0.1) is 0 Å². The number of hydrogen-bond acceptors (Lipinski definition) is 5. The van der Waals surface area contributed by atoms with Gasteiger partial charge in [-0.2, -0.15) is 0 Å². The summed E-state index contributed by atoms with van der Waals surface area (Å²) in [4.78, 5) is 23.2. The quantitative estimate of drug-likeness (QED) is 0.662. The lowest BCUT2D eigenvalue weighted by molar-refractivity contribution is -0.139. The third-order valence-electron chi connectivity index (χ3n) is 3.38. The van der Waals surface area contributed by atoms with Crippen molar-refractivity contribution in [2.75, 3.05) is 0 Å². The Balaban J connectivity index is 1.94. The zero-order chi connectivity index (χ0) is 20.9. The number of amides is 1. The van der Waals surface area contributed by atoms with Crippen molar-refractivity contribution in [2.24, 2.45) is 0 Å². The van der Waals surface area contributed by atoms with Gasteiger partial charge in [0.1, 0.15) is 35.5 Å². The number of aliphatic carboxylic acids is 1. The van der Waals surface area contributed by atoms with Crippen LogP contribution in [-0.4, -0.2) is 28.8 Å². The highest BCUT2D eigenvalue weighted by Crippen LogP contribution is 2.27. The van der Waals surface area contributed by atoms with E-state index in [0.29, 0.717) is 27.3 Å². The highest BCUT2D eigenvalue weighted by atomic mass is 35.5. The van der Waals surface area contributed by atoms with Gasteiger partial charge >= 0.3 is 12.1 Å². The van der Waals surface area contributed by atoms with Crippen molar-refractivity contribution in [3.8, 4) is 5.75 Å². The van der Waals surface area contributed by atoms with Crippen LogP contribution in [0.1, 0.15) is 32.3 Å². The molecule has 1 amide bonds. The van der Waals surface area contributed by atoms with E-state index < -0.39 is 23.7 Å². The number of furan rings is 1. The zero-order valence-corrected chi connectivity index (χ0v) is 17.1. The van der Waals surface area contributed by atoms with Gasteiger partial charge in [0.25, 0.3) is 0 Å². The Morgan fingerprint density at radius 2 is 1.82 bits per heavy atom. The van der Waals surface area contributed by atoms with Crippen molar-refractivity contribution in [3.05, 3.63) is 51.9 Å². The Labute approximate surface area is 172 Å². The van der Waals surface area contributed by atoms with E-state index in [1.165, 1.54) is 0 Å². The van der Waals surface area contributed by atoms with E-state index in [9.17, 15) is 14.7 Å². The number of rotatable bonds is 7. The molecule has 0 fully saturated rings. The molecule has 2 aromatic rings. The molecule has 9 heteroatoms. The number of halogens is 2. The second-order valence-electron chi connectivity index (χ2n) is 6.97. The van der Waals surface area contributed by atoms with E-state index in [1.54, 1.807) is 51.1 Å². The molecule has 1 atom stereocenters. The minimum absolute atomic E-state index is 0.0403. The fourth-order valence-electron chi connectivity index (χ4n) is 2.18. The summed E-state index contributed by atoms with van der Waals surface area (Å²) in [5.41, 5.74) is -0.729. The van der Waals surface area contributed by atoms with Crippen molar-refractivity contribution in [1.29, 1.82) is 0 Å². The predicted octanol–water partition coefficient (Wildman–Crippen LogP) is 4.69. The van der Waals surface area contributed by atoms with Gasteiger partial charge in [0.2, 0.25) is 0 Å². The van der Waals surface area contributed by atoms with Crippen LogP contribution in [0.25, 0.3) is 0 Å². The van der Waals surface area contributed by atoms with Gasteiger partial charge in [0, 0.05) is 12.5 Å². The Bertz CT molecular complexity index is 843. The molecule has 0 aliphatic rings. The molecular formula is C19H21Cl2NO6. The Morgan fingerprint density at radius 3 is 2.43 bits per heavy atom. The standard InChI is InChI=1S/C19H21Cl2NO6/c1-19(2,3)28-18(25)22-16(17(23)24)9-12-4-5-13(27-12)10-26-11-6-7-14(20)15(21)8-11/h4-8,16H,9-10H2,1-3H3,(H,22,25)(H,23,24). The fourth-order valence-corrected chi connectivity index (χ4v) is 2.47. The first kappa shape index (κ1) is 21.9. The number of hydrogen-bond donors (Lipinski definition) is 2. The Morgan fingerprint density at radius 1 is 1.14 bits per heavy atom. The van der Waals surface area contributed by atoms with E-state index in [-0.39, 0.29) is 13.0 Å². The van der Waals surface area contributed by atoms with Crippen molar-refractivity contribution in [2.45, 2.75) is 45.4 Å². The van der Waals surface area contributed by atoms with Gasteiger partial charge in [-0.25, -0.2) is 9.59 Å². The number of carboxylic acid groups (broad SMARTS) is 1. The van der Waals surface area contributed by atoms with E-state index in [4.69, 9.17) is 37.1 Å². The minimum Gasteiger partial charge on any atom is -0.486 e. The number of ether oxygens (including phenoxy) is 2. The van der Waals surface area contributed by atoms with Crippen LogP contribution < -0.4 is 10.1 Å². The summed E-state index contributed by atoms with van der Waals surface area (Å²) in [6, 6.07) is 6.97. The smallest absolute Gasteiger partial charge is 0.408 e. The van der Waals surface area contributed by atoms with Crippen molar-refractivity contribution in [3.63, 3.8) is 0 Å². The van der Waals surface area contributed by atoms with Crippen molar-refractivity contribution < 1.29 is 28.6 Å². The number of nitrogens with one attached hydrogen (secondary N) is 1. The third-order valence-corrected chi connectivity index (χ3v) is 4.12. The molecule has 0 saturated heterocycles. The van der Waals surface area contributed by atoms with E-state index >= 15 is 0 Å². The normalized spacial score (nSPS) is 12.3. The maximum absolute atomic E-state index is 11.8. The first-order valence-electron chi connectivity index (χ1n) is 8.41. The van der Waals surface area contributed by atoms with Crippen molar-refractivity contribution in [1.82, 2.24) is 5.32 Å². The van der Waals surface area contributed by atoms with Crippen molar-refractivity contribution >= 4 is 35.3 Å². The molecule has 0 aliphatic carbocycles. The molecule has 0 aliphatic heterocycles. The lowest BCUT2D eigenvalue weighted by Crippen LogP contribution is -2.44. The predicted molar refractivity (Wildman–Crippen MR) is 104 cm³/mol. The molecule has 2 N–H and O–H groups in total. The van der Waals surface area contributed by atoms with Crippen LogP contribution in [0.3, 0.4) is 0 Å². The molecular weight excluding hydrogens is 409 g/mol. The lowest BCUT2D eigenvalue weighted by atomic mass is 10.1. The first-order chi connectivity index (χ1) is 13.0. The second kappa shape index (κ2) is 9.21. The Kier molecular flexibility index (Phi) is 7.21. The molecule has 2 rings (SSSR count). The molecule has 7 nitrogen and oxygen atoms in total. The van der Waals surface area contributed by atoms with Gasteiger partial charge in [-0.15, -0.1) is 0 Å². The van der Waals surface area contributed by atoms with Gasteiger partial charge in [0.15, 0.2) is 0 Å². The van der Waals surface area contributed by atoms with Crippen LogP contribution in [0.5, 0.6) is 5.75 Å². The van der Waals surface area contributed by atoms with E-state index in [1.807, 2.05) is 0 Å². The van der Waals surface area contributed by atoms with Crippen LogP contribution in [0.2, 0.25) is 10.0 Å².